The molecule has 2 heteroatoms. The van der Waals surface area contributed by atoms with Crippen molar-refractivity contribution in [3.63, 3.8) is 0 Å². The lowest BCUT2D eigenvalue weighted by molar-refractivity contribution is 0.567. The third-order valence-corrected chi connectivity index (χ3v) is 2.91. The number of rotatable bonds is 3. The third kappa shape index (κ3) is 1.90. The Bertz CT molecular complexity index is 307. The summed E-state index contributed by atoms with van der Waals surface area (Å²) in [5.74, 6) is 0.664. The van der Waals surface area contributed by atoms with Crippen LogP contribution in [0.3, 0.4) is 0 Å². The van der Waals surface area contributed by atoms with E-state index in [4.69, 9.17) is 5.73 Å². The minimum atomic E-state index is 0.322. The van der Waals surface area contributed by atoms with E-state index in [0.717, 1.165) is 13.0 Å². The summed E-state index contributed by atoms with van der Waals surface area (Å²) in [6, 6.07) is 8.90. The summed E-state index contributed by atoms with van der Waals surface area (Å²) in [7, 11) is 0. The second kappa shape index (κ2) is 4.01. The van der Waals surface area contributed by atoms with Crippen molar-refractivity contribution in [3.8, 4) is 0 Å². The summed E-state index contributed by atoms with van der Waals surface area (Å²) in [6.45, 7) is 3.15. The van der Waals surface area contributed by atoms with Crippen molar-refractivity contribution in [3.05, 3.63) is 29.8 Å². The number of benzene rings is 1. The van der Waals surface area contributed by atoms with Crippen molar-refractivity contribution in [2.45, 2.75) is 31.7 Å². The lowest BCUT2D eigenvalue weighted by atomic mass is 9.95. The maximum Gasteiger partial charge on any atom is 0.0376 e. The Morgan fingerprint density at radius 1 is 1.50 bits per heavy atom. The molecule has 14 heavy (non-hydrogen) atoms. The highest BCUT2D eigenvalue weighted by atomic mass is 14.9. The summed E-state index contributed by atoms with van der Waals surface area (Å²) in [4.78, 5) is 0. The van der Waals surface area contributed by atoms with Crippen LogP contribution in [0.4, 0.5) is 5.69 Å². The summed E-state index contributed by atoms with van der Waals surface area (Å²) >= 11 is 0. The number of anilines is 1. The van der Waals surface area contributed by atoms with Crippen molar-refractivity contribution in [1.29, 1.82) is 0 Å². The Morgan fingerprint density at radius 3 is 3.07 bits per heavy atom. The molecule has 0 bridgehead atoms. The maximum absolute atomic E-state index is 5.77. The number of nitrogens with one attached hydrogen (secondary N) is 1. The van der Waals surface area contributed by atoms with Gasteiger partial charge in [-0.15, -0.1) is 0 Å². The molecule has 1 aliphatic heterocycles. The predicted molar refractivity (Wildman–Crippen MR) is 60.6 cm³/mol. The summed E-state index contributed by atoms with van der Waals surface area (Å²) in [5, 5.41) is 3.43. The third-order valence-electron chi connectivity index (χ3n) is 2.91. The lowest BCUT2D eigenvalue weighted by Gasteiger charge is -2.11. The van der Waals surface area contributed by atoms with Crippen molar-refractivity contribution in [2.24, 2.45) is 5.73 Å². The predicted octanol–water partition coefficient (Wildman–Crippen LogP) is 2.32. The van der Waals surface area contributed by atoms with E-state index in [9.17, 15) is 0 Å². The Balaban J connectivity index is 2.03. The van der Waals surface area contributed by atoms with Gasteiger partial charge in [-0.2, -0.15) is 0 Å². The second-order valence-corrected chi connectivity index (χ2v) is 4.22. The first-order valence-electron chi connectivity index (χ1n) is 5.36. The van der Waals surface area contributed by atoms with Gasteiger partial charge in [-0.25, -0.2) is 0 Å². The van der Waals surface area contributed by atoms with Gasteiger partial charge in [0, 0.05) is 24.2 Å². The van der Waals surface area contributed by atoms with Crippen molar-refractivity contribution in [1.82, 2.24) is 0 Å². The van der Waals surface area contributed by atoms with Gasteiger partial charge < -0.3 is 11.1 Å². The average molecular weight is 190 g/mol. The van der Waals surface area contributed by atoms with Crippen LogP contribution in [0.1, 0.15) is 31.2 Å². The van der Waals surface area contributed by atoms with Gasteiger partial charge in [0.25, 0.3) is 0 Å². The molecule has 1 aliphatic rings. The zero-order valence-electron chi connectivity index (χ0n) is 8.66. The van der Waals surface area contributed by atoms with E-state index in [2.05, 4.69) is 36.5 Å². The molecule has 3 N–H and O–H groups in total. The fraction of sp³-hybridized carbons (Fsp3) is 0.500. The molecule has 0 saturated heterocycles. The molecule has 1 heterocycles. The normalized spacial score (nSPS) is 21.4. The molecule has 2 atom stereocenters. The van der Waals surface area contributed by atoms with Crippen LogP contribution in [0.2, 0.25) is 0 Å². The highest BCUT2D eigenvalue weighted by Gasteiger charge is 2.20. The first-order chi connectivity index (χ1) is 6.77. The molecule has 0 saturated carbocycles. The first-order valence-corrected chi connectivity index (χ1v) is 5.36. The molecule has 0 unspecified atom stereocenters. The monoisotopic (exact) mass is 190 g/mol. The van der Waals surface area contributed by atoms with Gasteiger partial charge in [-0.1, -0.05) is 18.2 Å². The molecule has 76 valence electrons. The van der Waals surface area contributed by atoms with Gasteiger partial charge >= 0.3 is 0 Å². The van der Waals surface area contributed by atoms with E-state index in [-0.39, 0.29) is 0 Å². The fourth-order valence-electron chi connectivity index (χ4n) is 2.08. The molecule has 0 amide bonds. The molecule has 0 spiro atoms. The van der Waals surface area contributed by atoms with E-state index in [0.29, 0.717) is 12.0 Å². The van der Waals surface area contributed by atoms with E-state index < -0.39 is 0 Å². The van der Waals surface area contributed by atoms with Gasteiger partial charge in [0.2, 0.25) is 0 Å². The maximum atomic E-state index is 5.77. The van der Waals surface area contributed by atoms with Crippen LogP contribution in [-0.2, 0) is 0 Å². The number of fused-ring (bicyclic) bond motifs is 1. The van der Waals surface area contributed by atoms with Crippen molar-refractivity contribution < 1.29 is 0 Å². The molecule has 0 fully saturated rings. The number of para-hydroxylation sites is 1. The highest BCUT2D eigenvalue weighted by Crippen LogP contribution is 2.33. The Hall–Kier alpha value is -1.02. The van der Waals surface area contributed by atoms with Crippen LogP contribution < -0.4 is 11.1 Å². The Labute approximate surface area is 85.5 Å². The van der Waals surface area contributed by atoms with Crippen LogP contribution >= 0.6 is 0 Å². The molecule has 2 nitrogen and oxygen atoms in total. The zero-order chi connectivity index (χ0) is 9.97. The average Bonchev–Trinajstić information content (AvgIpc) is 2.58. The van der Waals surface area contributed by atoms with Gasteiger partial charge in [-0.05, 0) is 31.4 Å². The van der Waals surface area contributed by atoms with Gasteiger partial charge in [-0.3, -0.25) is 0 Å². The summed E-state index contributed by atoms with van der Waals surface area (Å²) in [6.07, 6.45) is 2.31. The number of hydrogen-bond donors (Lipinski definition) is 2. The fourth-order valence-corrected chi connectivity index (χ4v) is 2.08. The quantitative estimate of drug-likeness (QED) is 0.767. The zero-order valence-corrected chi connectivity index (χ0v) is 8.66. The smallest absolute Gasteiger partial charge is 0.0376 e. The lowest BCUT2D eigenvalue weighted by Crippen LogP contribution is -2.16. The molecular weight excluding hydrogens is 172 g/mol. The molecule has 0 radical (unpaired) electrons. The second-order valence-electron chi connectivity index (χ2n) is 4.22. The van der Waals surface area contributed by atoms with Crippen LogP contribution in [0, 0.1) is 0 Å². The van der Waals surface area contributed by atoms with E-state index in [1.807, 2.05) is 0 Å². The molecule has 0 aromatic heterocycles. The molecule has 1 aromatic carbocycles. The molecule has 2 rings (SSSR count). The Morgan fingerprint density at radius 2 is 2.29 bits per heavy atom. The van der Waals surface area contributed by atoms with Crippen LogP contribution in [0.25, 0.3) is 0 Å². The molecular formula is C12H18N2. The van der Waals surface area contributed by atoms with Gasteiger partial charge in [0.15, 0.2) is 0 Å². The topological polar surface area (TPSA) is 38.0 Å². The summed E-state index contributed by atoms with van der Waals surface area (Å²) in [5.41, 5.74) is 8.54. The Kier molecular flexibility index (Phi) is 2.73. The number of hydrogen-bond acceptors (Lipinski definition) is 2. The largest absolute Gasteiger partial charge is 0.384 e. The van der Waals surface area contributed by atoms with Crippen LogP contribution in [0.5, 0.6) is 0 Å². The van der Waals surface area contributed by atoms with Gasteiger partial charge in [0.05, 0.1) is 0 Å². The summed E-state index contributed by atoms with van der Waals surface area (Å²) < 4.78 is 0. The standard InChI is InChI=1S/C12H18N2/c1-9(13)6-7-10-8-14-12-5-3-2-4-11(10)12/h2-5,9-10,14H,6-8,13H2,1H3/t9-,10+/m1/s1. The first kappa shape index (κ1) is 9.53. The van der Waals surface area contributed by atoms with E-state index >= 15 is 0 Å². The van der Waals surface area contributed by atoms with Crippen molar-refractivity contribution >= 4 is 5.69 Å². The minimum absolute atomic E-state index is 0.322. The van der Waals surface area contributed by atoms with E-state index in [1.54, 1.807) is 0 Å². The minimum Gasteiger partial charge on any atom is -0.384 e. The van der Waals surface area contributed by atoms with Crippen LogP contribution in [-0.4, -0.2) is 12.6 Å². The molecule has 0 aliphatic carbocycles. The van der Waals surface area contributed by atoms with Crippen molar-refractivity contribution in [2.75, 3.05) is 11.9 Å². The van der Waals surface area contributed by atoms with Crippen LogP contribution in [0.15, 0.2) is 24.3 Å². The van der Waals surface area contributed by atoms with Gasteiger partial charge in [0.1, 0.15) is 0 Å². The molecule has 1 aromatic rings. The number of nitrogens with two attached hydrogens (primary N) is 1. The SMILES string of the molecule is C[C@@H](N)CC[C@H]1CNc2ccccc21. The van der Waals surface area contributed by atoms with E-state index in [1.165, 1.54) is 17.7 Å². The highest BCUT2D eigenvalue weighted by molar-refractivity contribution is 5.57.